The summed E-state index contributed by atoms with van der Waals surface area (Å²) in [7, 11) is 0. The number of rotatable bonds is 4. The van der Waals surface area contributed by atoms with Gasteiger partial charge in [-0.2, -0.15) is 4.68 Å². The van der Waals surface area contributed by atoms with E-state index in [0.29, 0.717) is 6.54 Å². The quantitative estimate of drug-likeness (QED) is 0.867. The highest BCUT2D eigenvalue weighted by Crippen LogP contribution is 2.33. The van der Waals surface area contributed by atoms with Crippen LogP contribution in [0.25, 0.3) is 5.69 Å². The Morgan fingerprint density at radius 2 is 1.95 bits per heavy atom. The molecule has 1 aromatic carbocycles. The molecule has 1 unspecified atom stereocenters. The average Bonchev–Trinajstić information content (AvgIpc) is 2.83. The molecule has 0 aliphatic heterocycles. The predicted molar refractivity (Wildman–Crippen MR) is 77.3 cm³/mol. The monoisotopic (exact) mass is 277 g/mol. The van der Waals surface area contributed by atoms with Gasteiger partial charge in [0.25, 0.3) is 0 Å². The van der Waals surface area contributed by atoms with Crippen molar-refractivity contribution in [1.29, 1.82) is 0 Å². The van der Waals surface area contributed by atoms with Gasteiger partial charge in [0.1, 0.15) is 0 Å². The first-order valence-electron chi connectivity index (χ1n) is 6.23. The van der Waals surface area contributed by atoms with E-state index in [0.717, 1.165) is 10.8 Å². The van der Waals surface area contributed by atoms with Gasteiger partial charge in [0.2, 0.25) is 5.16 Å². The Kier molecular flexibility index (Phi) is 4.21. The Hall–Kier alpha value is -1.40. The van der Waals surface area contributed by atoms with Gasteiger partial charge >= 0.3 is 0 Å². The molecule has 2 aromatic rings. The lowest BCUT2D eigenvalue weighted by Crippen LogP contribution is -2.31. The van der Waals surface area contributed by atoms with Crippen LogP contribution in [-0.2, 0) is 0 Å². The lowest BCUT2D eigenvalue weighted by molar-refractivity contribution is 0.397. The summed E-state index contributed by atoms with van der Waals surface area (Å²) in [6.45, 7) is 7.12. The van der Waals surface area contributed by atoms with Crippen LogP contribution in [0.4, 0.5) is 0 Å². The van der Waals surface area contributed by atoms with Crippen molar-refractivity contribution in [2.75, 3.05) is 6.54 Å². The van der Waals surface area contributed by atoms with Crippen LogP contribution in [0.5, 0.6) is 0 Å². The summed E-state index contributed by atoms with van der Waals surface area (Å²) in [6, 6.07) is 9.87. The molecule has 1 aromatic heterocycles. The molecule has 0 amide bonds. The van der Waals surface area contributed by atoms with Gasteiger partial charge in [-0.3, -0.25) is 0 Å². The maximum Gasteiger partial charge on any atom is 0.214 e. The SMILES string of the molecule is CC(C)(C)C(CN)Sc1nnnn1-c1ccccc1. The molecule has 1 heterocycles. The summed E-state index contributed by atoms with van der Waals surface area (Å²) >= 11 is 1.63. The van der Waals surface area contributed by atoms with Crippen LogP contribution in [0.15, 0.2) is 35.5 Å². The second kappa shape index (κ2) is 5.71. The Labute approximate surface area is 117 Å². The smallest absolute Gasteiger partial charge is 0.214 e. The molecule has 6 heteroatoms. The lowest BCUT2D eigenvalue weighted by Gasteiger charge is -2.28. The fraction of sp³-hybridized carbons (Fsp3) is 0.462. The molecule has 5 nitrogen and oxygen atoms in total. The number of aromatic nitrogens is 4. The van der Waals surface area contributed by atoms with Crippen LogP contribution < -0.4 is 5.73 Å². The standard InChI is InChI=1S/C13H19N5S/c1-13(2,3)11(9-14)19-12-15-16-17-18(12)10-7-5-4-6-8-10/h4-8,11H,9,14H2,1-3H3. The summed E-state index contributed by atoms with van der Waals surface area (Å²) in [4.78, 5) is 0. The molecule has 0 radical (unpaired) electrons. The van der Waals surface area contributed by atoms with Gasteiger partial charge in [-0.25, -0.2) is 0 Å². The number of benzene rings is 1. The number of tetrazole rings is 1. The first-order chi connectivity index (χ1) is 9.02. The van der Waals surface area contributed by atoms with E-state index in [4.69, 9.17) is 5.73 Å². The summed E-state index contributed by atoms with van der Waals surface area (Å²) in [6.07, 6.45) is 0. The number of thioether (sulfide) groups is 1. The number of nitrogens with zero attached hydrogens (tertiary/aromatic N) is 4. The molecule has 0 saturated carbocycles. The van der Waals surface area contributed by atoms with E-state index in [1.54, 1.807) is 16.4 Å². The molecular weight excluding hydrogens is 258 g/mol. The molecule has 0 aliphatic carbocycles. The van der Waals surface area contributed by atoms with Crippen LogP contribution in [-0.4, -0.2) is 32.0 Å². The Bertz CT molecular complexity index is 517. The normalized spacial score (nSPS) is 13.5. The van der Waals surface area contributed by atoms with Crippen LogP contribution in [0.1, 0.15) is 20.8 Å². The fourth-order valence-electron chi connectivity index (χ4n) is 1.69. The van der Waals surface area contributed by atoms with E-state index < -0.39 is 0 Å². The largest absolute Gasteiger partial charge is 0.329 e. The topological polar surface area (TPSA) is 69.6 Å². The van der Waals surface area contributed by atoms with Crippen LogP contribution in [0.3, 0.4) is 0 Å². The van der Waals surface area contributed by atoms with Gasteiger partial charge < -0.3 is 5.73 Å². The first kappa shape index (κ1) is 14.0. The van der Waals surface area contributed by atoms with E-state index in [-0.39, 0.29) is 10.7 Å². The Morgan fingerprint density at radius 3 is 2.53 bits per heavy atom. The lowest BCUT2D eigenvalue weighted by atomic mass is 9.92. The van der Waals surface area contributed by atoms with E-state index in [1.165, 1.54) is 0 Å². The molecular formula is C13H19N5S. The zero-order valence-corrected chi connectivity index (χ0v) is 12.3. The number of hydrogen-bond acceptors (Lipinski definition) is 5. The molecule has 0 saturated heterocycles. The summed E-state index contributed by atoms with van der Waals surface area (Å²) in [5.74, 6) is 0. The third kappa shape index (κ3) is 3.33. The van der Waals surface area contributed by atoms with Crippen LogP contribution in [0, 0.1) is 5.41 Å². The summed E-state index contributed by atoms with van der Waals surface area (Å²) < 4.78 is 1.75. The van der Waals surface area contributed by atoms with Crippen molar-refractivity contribution in [3.05, 3.63) is 30.3 Å². The van der Waals surface area contributed by atoms with Crippen molar-refractivity contribution in [3.63, 3.8) is 0 Å². The van der Waals surface area contributed by atoms with E-state index in [9.17, 15) is 0 Å². The minimum absolute atomic E-state index is 0.104. The second-order valence-corrected chi connectivity index (χ2v) is 6.59. The molecule has 2 rings (SSSR count). The van der Waals surface area contributed by atoms with Gasteiger partial charge in [0.05, 0.1) is 5.69 Å². The van der Waals surface area contributed by atoms with E-state index >= 15 is 0 Å². The minimum Gasteiger partial charge on any atom is -0.329 e. The van der Waals surface area contributed by atoms with Gasteiger partial charge in [-0.05, 0) is 28.0 Å². The van der Waals surface area contributed by atoms with Crippen molar-refractivity contribution < 1.29 is 0 Å². The van der Waals surface area contributed by atoms with Gasteiger partial charge in [0.15, 0.2) is 0 Å². The number of nitrogens with two attached hydrogens (primary N) is 1. The minimum atomic E-state index is 0.104. The van der Waals surface area contributed by atoms with Gasteiger partial charge in [0, 0.05) is 11.8 Å². The molecule has 102 valence electrons. The average molecular weight is 277 g/mol. The third-order valence-corrected chi connectivity index (χ3v) is 4.52. The Balaban J connectivity index is 2.26. The third-order valence-electron chi connectivity index (χ3n) is 2.87. The van der Waals surface area contributed by atoms with E-state index in [1.807, 2.05) is 30.3 Å². The zero-order chi connectivity index (χ0) is 13.9. The van der Waals surface area contributed by atoms with Crippen molar-refractivity contribution in [2.24, 2.45) is 11.1 Å². The molecule has 2 N–H and O–H groups in total. The highest BCUT2D eigenvalue weighted by molar-refractivity contribution is 7.99. The fourth-order valence-corrected chi connectivity index (χ4v) is 2.72. The predicted octanol–water partition coefficient (Wildman–Crippen LogP) is 2.13. The molecule has 0 fully saturated rings. The maximum atomic E-state index is 5.87. The highest BCUT2D eigenvalue weighted by Gasteiger charge is 2.26. The zero-order valence-electron chi connectivity index (χ0n) is 11.4. The van der Waals surface area contributed by atoms with Crippen molar-refractivity contribution in [1.82, 2.24) is 20.2 Å². The van der Waals surface area contributed by atoms with Gasteiger partial charge in [-0.15, -0.1) is 5.10 Å². The van der Waals surface area contributed by atoms with Crippen LogP contribution in [0.2, 0.25) is 0 Å². The van der Waals surface area contributed by atoms with E-state index in [2.05, 4.69) is 36.3 Å². The Morgan fingerprint density at radius 1 is 1.26 bits per heavy atom. The first-order valence-corrected chi connectivity index (χ1v) is 7.11. The van der Waals surface area contributed by atoms with Gasteiger partial charge in [-0.1, -0.05) is 50.7 Å². The number of para-hydroxylation sites is 1. The molecule has 0 aliphatic rings. The van der Waals surface area contributed by atoms with Crippen molar-refractivity contribution >= 4 is 11.8 Å². The molecule has 1 atom stereocenters. The molecule has 0 bridgehead atoms. The molecule has 0 spiro atoms. The molecule has 19 heavy (non-hydrogen) atoms. The second-order valence-electron chi connectivity index (χ2n) is 5.42. The summed E-state index contributed by atoms with van der Waals surface area (Å²) in [5.41, 5.74) is 6.93. The van der Waals surface area contributed by atoms with Crippen molar-refractivity contribution in [2.45, 2.75) is 31.2 Å². The summed E-state index contributed by atoms with van der Waals surface area (Å²) in [5, 5.41) is 13.0. The maximum absolute atomic E-state index is 5.87. The van der Waals surface area contributed by atoms with Crippen LogP contribution >= 0.6 is 11.8 Å². The number of hydrogen-bond donors (Lipinski definition) is 1. The highest BCUT2D eigenvalue weighted by atomic mass is 32.2. The van der Waals surface area contributed by atoms with Crippen molar-refractivity contribution in [3.8, 4) is 5.69 Å².